The van der Waals surface area contributed by atoms with Crippen molar-refractivity contribution in [2.45, 2.75) is 13.5 Å². The van der Waals surface area contributed by atoms with Gasteiger partial charge in [0.1, 0.15) is 4.83 Å². The number of aromatic amines is 1. The second-order valence-corrected chi connectivity index (χ2v) is 7.03. The molecule has 0 radical (unpaired) electrons. The minimum atomic E-state index is 0.0148. The van der Waals surface area contributed by atoms with E-state index in [4.69, 9.17) is 0 Å². The lowest BCUT2D eigenvalue weighted by atomic mass is 10.1. The van der Waals surface area contributed by atoms with Gasteiger partial charge >= 0.3 is 0 Å². The van der Waals surface area contributed by atoms with Crippen molar-refractivity contribution in [1.82, 2.24) is 9.55 Å². The molecule has 0 bridgehead atoms. The third-order valence-electron chi connectivity index (χ3n) is 3.96. The Balaban J connectivity index is 1.89. The number of ketones is 1. The number of aromatic nitrogens is 2. The maximum atomic E-state index is 13.0. The number of rotatable bonds is 4. The molecule has 0 saturated carbocycles. The number of aliphatic hydroxyl groups is 1. The van der Waals surface area contributed by atoms with E-state index < -0.39 is 0 Å². The van der Waals surface area contributed by atoms with Crippen LogP contribution in [0.25, 0.3) is 20.4 Å². The van der Waals surface area contributed by atoms with Crippen LogP contribution in [0.15, 0.2) is 29.0 Å². The van der Waals surface area contributed by atoms with Crippen molar-refractivity contribution in [2.75, 3.05) is 6.61 Å². The van der Waals surface area contributed by atoms with Crippen molar-refractivity contribution in [3.05, 3.63) is 45.9 Å². The van der Waals surface area contributed by atoms with Crippen molar-refractivity contribution in [3.63, 3.8) is 0 Å². The molecule has 4 aromatic rings. The molecule has 6 heteroatoms. The molecule has 4 heterocycles. The third-order valence-corrected chi connectivity index (χ3v) is 5.76. The number of hydrogen-bond donors (Lipinski definition) is 2. The number of carbonyl (C=O) groups excluding carboxylic acids is 1. The highest BCUT2D eigenvalue weighted by Crippen LogP contribution is 2.32. The highest BCUT2D eigenvalue weighted by molar-refractivity contribution is 7.17. The summed E-state index contributed by atoms with van der Waals surface area (Å²) < 4.78 is 3.12. The van der Waals surface area contributed by atoms with E-state index >= 15 is 0 Å². The molecule has 0 fully saturated rings. The highest BCUT2D eigenvalue weighted by Gasteiger charge is 2.23. The van der Waals surface area contributed by atoms with Gasteiger partial charge in [0, 0.05) is 17.6 Å². The SMILES string of the molecule is Cc1c(C(=O)c2cc3sccc3[nH]2)c2ccsc2n1CCO. The fourth-order valence-corrected chi connectivity index (χ4v) is 4.71. The molecule has 0 saturated heterocycles. The standard InChI is InChI=1S/C16H14N2O2S2/c1-9-14(10-2-6-22-16(10)18(9)4-5-19)15(20)12-8-13-11(17-12)3-7-21-13/h2-3,6-8,17,19H,4-5H2,1H3. The zero-order chi connectivity index (χ0) is 15.3. The fraction of sp³-hybridized carbons (Fsp3) is 0.188. The van der Waals surface area contributed by atoms with Crippen LogP contribution in [0.3, 0.4) is 0 Å². The van der Waals surface area contributed by atoms with Crippen LogP contribution in [-0.4, -0.2) is 27.0 Å². The number of H-pyrrole nitrogens is 1. The second-order valence-electron chi connectivity index (χ2n) is 5.19. The van der Waals surface area contributed by atoms with Gasteiger partial charge in [-0.15, -0.1) is 22.7 Å². The second kappa shape index (κ2) is 5.08. The Labute approximate surface area is 134 Å². The molecule has 0 aliphatic heterocycles. The van der Waals surface area contributed by atoms with Gasteiger partial charge in [-0.05, 0) is 35.9 Å². The topological polar surface area (TPSA) is 58.0 Å². The normalized spacial score (nSPS) is 11.7. The lowest BCUT2D eigenvalue weighted by Gasteiger charge is -2.05. The summed E-state index contributed by atoms with van der Waals surface area (Å²) in [6, 6.07) is 5.89. The largest absolute Gasteiger partial charge is 0.395 e. The molecule has 0 spiro atoms. The molecule has 0 aromatic carbocycles. The van der Waals surface area contributed by atoms with Crippen molar-refractivity contribution in [2.24, 2.45) is 0 Å². The zero-order valence-corrected chi connectivity index (χ0v) is 13.6. The number of fused-ring (bicyclic) bond motifs is 2. The molecule has 0 amide bonds. The molecular formula is C16H14N2O2S2. The number of carbonyl (C=O) groups is 1. The van der Waals surface area contributed by atoms with Crippen LogP contribution >= 0.6 is 22.7 Å². The summed E-state index contributed by atoms with van der Waals surface area (Å²) in [5.41, 5.74) is 3.28. The van der Waals surface area contributed by atoms with Gasteiger partial charge in [-0.3, -0.25) is 4.79 Å². The number of thiophene rings is 2. The smallest absolute Gasteiger partial charge is 0.211 e. The summed E-state index contributed by atoms with van der Waals surface area (Å²) in [6.45, 7) is 2.52. The number of nitrogens with one attached hydrogen (secondary N) is 1. The van der Waals surface area contributed by atoms with Crippen molar-refractivity contribution < 1.29 is 9.90 Å². The van der Waals surface area contributed by atoms with Gasteiger partial charge in [0.25, 0.3) is 0 Å². The molecule has 0 atom stereocenters. The highest BCUT2D eigenvalue weighted by atomic mass is 32.1. The summed E-state index contributed by atoms with van der Waals surface area (Å²) in [5, 5.41) is 14.2. The Morgan fingerprint density at radius 1 is 1.32 bits per heavy atom. The molecule has 2 N–H and O–H groups in total. The lowest BCUT2D eigenvalue weighted by molar-refractivity contribution is 0.103. The quantitative estimate of drug-likeness (QED) is 0.560. The van der Waals surface area contributed by atoms with Gasteiger partial charge in [-0.1, -0.05) is 0 Å². The van der Waals surface area contributed by atoms with E-state index in [1.807, 2.05) is 40.5 Å². The Kier molecular flexibility index (Phi) is 3.18. The van der Waals surface area contributed by atoms with E-state index in [9.17, 15) is 9.90 Å². The summed E-state index contributed by atoms with van der Waals surface area (Å²) in [6.07, 6.45) is 0. The maximum absolute atomic E-state index is 13.0. The van der Waals surface area contributed by atoms with Gasteiger partial charge in [-0.2, -0.15) is 0 Å². The summed E-state index contributed by atoms with van der Waals surface area (Å²) >= 11 is 3.22. The van der Waals surface area contributed by atoms with Crippen LogP contribution in [0, 0.1) is 6.92 Å². The lowest BCUT2D eigenvalue weighted by Crippen LogP contribution is -2.07. The minimum Gasteiger partial charge on any atom is -0.395 e. The van der Waals surface area contributed by atoms with E-state index in [1.54, 1.807) is 22.7 Å². The van der Waals surface area contributed by atoms with Crippen LogP contribution in [0.1, 0.15) is 21.7 Å². The first-order chi connectivity index (χ1) is 10.7. The van der Waals surface area contributed by atoms with E-state index in [2.05, 4.69) is 4.98 Å². The van der Waals surface area contributed by atoms with Crippen LogP contribution in [0.2, 0.25) is 0 Å². The van der Waals surface area contributed by atoms with E-state index in [0.717, 1.165) is 31.7 Å². The van der Waals surface area contributed by atoms with E-state index in [-0.39, 0.29) is 12.4 Å². The van der Waals surface area contributed by atoms with E-state index in [1.165, 1.54) is 0 Å². The fourth-order valence-electron chi connectivity index (χ4n) is 2.94. The molecule has 22 heavy (non-hydrogen) atoms. The van der Waals surface area contributed by atoms with Gasteiger partial charge in [-0.25, -0.2) is 0 Å². The first kappa shape index (κ1) is 13.8. The average Bonchev–Trinajstić information content (AvgIpc) is 3.21. The van der Waals surface area contributed by atoms with Gasteiger partial charge in [0.15, 0.2) is 0 Å². The van der Waals surface area contributed by atoms with E-state index in [0.29, 0.717) is 12.2 Å². The van der Waals surface area contributed by atoms with Crippen LogP contribution < -0.4 is 0 Å². The zero-order valence-electron chi connectivity index (χ0n) is 11.9. The average molecular weight is 330 g/mol. The van der Waals surface area contributed by atoms with Crippen molar-refractivity contribution in [1.29, 1.82) is 0 Å². The molecule has 0 aliphatic rings. The van der Waals surface area contributed by atoms with Gasteiger partial charge in [0.2, 0.25) is 5.78 Å². The number of hydrogen-bond acceptors (Lipinski definition) is 4. The Hall–Kier alpha value is -1.89. The maximum Gasteiger partial charge on any atom is 0.211 e. The number of aliphatic hydroxyl groups excluding tert-OH is 1. The molecule has 0 unspecified atom stereocenters. The predicted octanol–water partition coefficient (Wildman–Crippen LogP) is 3.78. The van der Waals surface area contributed by atoms with Crippen LogP contribution in [0.4, 0.5) is 0 Å². The monoisotopic (exact) mass is 330 g/mol. The predicted molar refractivity (Wildman–Crippen MR) is 91.2 cm³/mol. The van der Waals surface area contributed by atoms with Crippen LogP contribution in [-0.2, 0) is 6.54 Å². The van der Waals surface area contributed by atoms with Crippen molar-refractivity contribution >= 4 is 48.9 Å². The first-order valence-corrected chi connectivity index (χ1v) is 8.74. The Bertz CT molecular complexity index is 958. The summed E-state index contributed by atoms with van der Waals surface area (Å²) in [5.74, 6) is 0.0148. The first-order valence-electron chi connectivity index (χ1n) is 6.98. The molecule has 0 aliphatic carbocycles. The van der Waals surface area contributed by atoms with Crippen molar-refractivity contribution in [3.8, 4) is 0 Å². The van der Waals surface area contributed by atoms with Gasteiger partial charge < -0.3 is 14.7 Å². The molecule has 112 valence electrons. The minimum absolute atomic E-state index is 0.0148. The van der Waals surface area contributed by atoms with Gasteiger partial charge in [0.05, 0.1) is 28.1 Å². The third kappa shape index (κ3) is 1.88. The van der Waals surface area contributed by atoms with Crippen LogP contribution in [0.5, 0.6) is 0 Å². The number of nitrogens with zero attached hydrogens (tertiary/aromatic N) is 1. The molecule has 4 aromatic heterocycles. The molecular weight excluding hydrogens is 316 g/mol. The molecule has 4 nitrogen and oxygen atoms in total. The Morgan fingerprint density at radius 3 is 2.91 bits per heavy atom. The molecule has 4 rings (SSSR count). The summed E-state index contributed by atoms with van der Waals surface area (Å²) in [7, 11) is 0. The summed E-state index contributed by atoms with van der Waals surface area (Å²) in [4.78, 5) is 17.2. The Morgan fingerprint density at radius 2 is 2.14 bits per heavy atom.